The molecule has 0 saturated carbocycles. The molecule has 1 rings (SSSR count). The summed E-state index contributed by atoms with van der Waals surface area (Å²) >= 11 is 0. The fourth-order valence-electron chi connectivity index (χ4n) is 1.36. The molecule has 3 heteroatoms. The third-order valence-corrected chi connectivity index (χ3v) is 2.02. The van der Waals surface area contributed by atoms with Gasteiger partial charge in [0.05, 0.1) is 0 Å². The maximum atomic E-state index is 4.39. The van der Waals surface area contributed by atoms with Crippen LogP contribution in [-0.2, 0) is 0 Å². The van der Waals surface area contributed by atoms with Crippen LogP contribution in [0.5, 0.6) is 0 Å². The zero-order valence-electron chi connectivity index (χ0n) is 8.83. The Balaban J connectivity index is 2.99. The van der Waals surface area contributed by atoms with E-state index in [2.05, 4.69) is 28.7 Å². The highest BCUT2D eigenvalue weighted by molar-refractivity contribution is 5.31. The van der Waals surface area contributed by atoms with E-state index in [1.165, 1.54) is 0 Å². The van der Waals surface area contributed by atoms with Crippen LogP contribution in [0.2, 0.25) is 0 Å². The van der Waals surface area contributed by atoms with Gasteiger partial charge in [-0.25, -0.2) is 9.97 Å². The summed E-state index contributed by atoms with van der Waals surface area (Å²) in [5, 5.41) is 0. The lowest BCUT2D eigenvalue weighted by Crippen LogP contribution is -2.24. The zero-order chi connectivity index (χ0) is 9.84. The van der Waals surface area contributed by atoms with Crippen LogP contribution in [0, 0.1) is 13.8 Å². The number of aromatic nitrogens is 2. The summed E-state index contributed by atoms with van der Waals surface area (Å²) in [6, 6.07) is 1.99. The Hall–Kier alpha value is -1.12. The average molecular weight is 179 g/mol. The molecule has 0 fully saturated rings. The van der Waals surface area contributed by atoms with Gasteiger partial charge in [-0.05, 0) is 33.8 Å². The minimum Gasteiger partial charge on any atom is -0.341 e. The van der Waals surface area contributed by atoms with Crippen LogP contribution in [0.4, 0.5) is 5.95 Å². The first-order valence-electron chi connectivity index (χ1n) is 4.74. The molecule has 0 spiro atoms. The van der Waals surface area contributed by atoms with Gasteiger partial charge in [-0.2, -0.15) is 0 Å². The zero-order valence-corrected chi connectivity index (χ0v) is 8.83. The van der Waals surface area contributed by atoms with E-state index in [0.717, 1.165) is 30.4 Å². The van der Waals surface area contributed by atoms with Crippen LogP contribution < -0.4 is 4.90 Å². The van der Waals surface area contributed by atoms with E-state index in [4.69, 9.17) is 0 Å². The second kappa shape index (κ2) is 4.21. The topological polar surface area (TPSA) is 29.0 Å². The number of aryl methyl sites for hydroxylation is 2. The Morgan fingerprint density at radius 1 is 1.08 bits per heavy atom. The molecule has 3 nitrogen and oxygen atoms in total. The Labute approximate surface area is 79.8 Å². The van der Waals surface area contributed by atoms with E-state index in [-0.39, 0.29) is 0 Å². The van der Waals surface area contributed by atoms with Crippen molar-refractivity contribution in [3.8, 4) is 0 Å². The molecule has 1 heterocycles. The SMILES string of the molecule is CCN(CC)c1nc(C)cc(C)n1. The Bertz CT molecular complexity index is 259. The molecule has 0 aliphatic rings. The Morgan fingerprint density at radius 2 is 1.54 bits per heavy atom. The summed E-state index contributed by atoms with van der Waals surface area (Å²) in [5.74, 6) is 0.850. The molecular formula is C10H17N3. The lowest BCUT2D eigenvalue weighted by atomic mass is 10.3. The van der Waals surface area contributed by atoms with Gasteiger partial charge in [-0.15, -0.1) is 0 Å². The lowest BCUT2D eigenvalue weighted by molar-refractivity contribution is 0.811. The quantitative estimate of drug-likeness (QED) is 0.710. The van der Waals surface area contributed by atoms with Crippen molar-refractivity contribution >= 4 is 5.95 Å². The molecule has 0 bridgehead atoms. The summed E-state index contributed by atoms with van der Waals surface area (Å²) in [6.07, 6.45) is 0. The molecule has 0 aliphatic carbocycles. The highest BCUT2D eigenvalue weighted by Gasteiger charge is 2.05. The molecule has 0 N–H and O–H groups in total. The monoisotopic (exact) mass is 179 g/mol. The summed E-state index contributed by atoms with van der Waals surface area (Å²) in [7, 11) is 0. The van der Waals surface area contributed by atoms with Crippen molar-refractivity contribution in [3.63, 3.8) is 0 Å². The molecule has 0 saturated heterocycles. The summed E-state index contributed by atoms with van der Waals surface area (Å²) in [5.41, 5.74) is 2.07. The first-order valence-corrected chi connectivity index (χ1v) is 4.74. The van der Waals surface area contributed by atoms with Gasteiger partial charge in [0.25, 0.3) is 0 Å². The van der Waals surface area contributed by atoms with Gasteiger partial charge in [0.2, 0.25) is 5.95 Å². The van der Waals surface area contributed by atoms with E-state index in [0.29, 0.717) is 0 Å². The predicted octanol–water partition coefficient (Wildman–Crippen LogP) is 1.94. The van der Waals surface area contributed by atoms with E-state index in [1.54, 1.807) is 0 Å². The lowest BCUT2D eigenvalue weighted by Gasteiger charge is -2.18. The highest BCUT2D eigenvalue weighted by Crippen LogP contribution is 2.08. The molecule has 0 aromatic carbocycles. The normalized spacial score (nSPS) is 10.2. The number of hydrogen-bond acceptors (Lipinski definition) is 3. The average Bonchev–Trinajstić information content (AvgIpc) is 2.04. The minimum atomic E-state index is 0.850. The van der Waals surface area contributed by atoms with Gasteiger partial charge < -0.3 is 4.90 Å². The van der Waals surface area contributed by atoms with Crippen molar-refractivity contribution < 1.29 is 0 Å². The van der Waals surface area contributed by atoms with Crippen LogP contribution in [0.3, 0.4) is 0 Å². The smallest absolute Gasteiger partial charge is 0.225 e. The fourth-order valence-corrected chi connectivity index (χ4v) is 1.36. The van der Waals surface area contributed by atoms with Gasteiger partial charge in [0.15, 0.2) is 0 Å². The van der Waals surface area contributed by atoms with Crippen molar-refractivity contribution in [2.24, 2.45) is 0 Å². The maximum Gasteiger partial charge on any atom is 0.225 e. The second-order valence-electron chi connectivity index (χ2n) is 3.12. The Kier molecular flexibility index (Phi) is 3.23. The minimum absolute atomic E-state index is 0.850. The predicted molar refractivity (Wildman–Crippen MR) is 55.1 cm³/mol. The molecular weight excluding hydrogens is 162 g/mol. The standard InChI is InChI=1S/C10H17N3/c1-5-13(6-2)10-11-8(3)7-9(4)12-10/h7H,5-6H2,1-4H3. The summed E-state index contributed by atoms with van der Waals surface area (Å²) in [6.45, 7) is 10.2. The van der Waals surface area contributed by atoms with Gasteiger partial charge in [0.1, 0.15) is 0 Å². The number of nitrogens with zero attached hydrogens (tertiary/aromatic N) is 3. The van der Waals surface area contributed by atoms with Gasteiger partial charge in [-0.1, -0.05) is 0 Å². The van der Waals surface area contributed by atoms with E-state index < -0.39 is 0 Å². The molecule has 1 aromatic rings. The van der Waals surface area contributed by atoms with Gasteiger partial charge in [-0.3, -0.25) is 0 Å². The van der Waals surface area contributed by atoms with Crippen LogP contribution in [0.25, 0.3) is 0 Å². The molecule has 0 aliphatic heterocycles. The first kappa shape index (κ1) is 9.96. The number of hydrogen-bond donors (Lipinski definition) is 0. The largest absolute Gasteiger partial charge is 0.341 e. The van der Waals surface area contributed by atoms with Crippen molar-refractivity contribution in [2.45, 2.75) is 27.7 Å². The summed E-state index contributed by atoms with van der Waals surface area (Å²) in [4.78, 5) is 10.9. The van der Waals surface area contributed by atoms with E-state index >= 15 is 0 Å². The number of anilines is 1. The summed E-state index contributed by atoms with van der Waals surface area (Å²) < 4.78 is 0. The molecule has 1 aromatic heterocycles. The van der Waals surface area contributed by atoms with Crippen LogP contribution >= 0.6 is 0 Å². The van der Waals surface area contributed by atoms with E-state index in [9.17, 15) is 0 Å². The molecule has 0 unspecified atom stereocenters. The van der Waals surface area contributed by atoms with Gasteiger partial charge in [0, 0.05) is 24.5 Å². The van der Waals surface area contributed by atoms with E-state index in [1.807, 2.05) is 19.9 Å². The van der Waals surface area contributed by atoms with Crippen molar-refractivity contribution in [1.29, 1.82) is 0 Å². The number of rotatable bonds is 3. The maximum absolute atomic E-state index is 4.39. The van der Waals surface area contributed by atoms with Crippen LogP contribution in [0.1, 0.15) is 25.2 Å². The molecule has 13 heavy (non-hydrogen) atoms. The second-order valence-corrected chi connectivity index (χ2v) is 3.12. The third kappa shape index (κ3) is 2.41. The van der Waals surface area contributed by atoms with Crippen LogP contribution in [0.15, 0.2) is 6.07 Å². The molecule has 0 amide bonds. The van der Waals surface area contributed by atoms with Gasteiger partial charge >= 0.3 is 0 Å². The van der Waals surface area contributed by atoms with Crippen molar-refractivity contribution in [3.05, 3.63) is 17.5 Å². The molecule has 72 valence electrons. The highest BCUT2D eigenvalue weighted by atomic mass is 15.2. The fraction of sp³-hybridized carbons (Fsp3) is 0.600. The Morgan fingerprint density at radius 3 is 1.92 bits per heavy atom. The molecule has 0 radical (unpaired) electrons. The van der Waals surface area contributed by atoms with Crippen LogP contribution in [-0.4, -0.2) is 23.1 Å². The third-order valence-electron chi connectivity index (χ3n) is 2.02. The van der Waals surface area contributed by atoms with Crippen molar-refractivity contribution in [1.82, 2.24) is 9.97 Å². The molecule has 0 atom stereocenters. The van der Waals surface area contributed by atoms with Crippen molar-refractivity contribution in [2.75, 3.05) is 18.0 Å². The first-order chi connectivity index (χ1) is 6.17.